The van der Waals surface area contributed by atoms with Crippen molar-refractivity contribution < 1.29 is 0 Å². The largest absolute Gasteiger partial charge is 0.334 e. The van der Waals surface area contributed by atoms with E-state index in [1.165, 1.54) is 93.4 Å². The van der Waals surface area contributed by atoms with Crippen molar-refractivity contribution in [3.05, 3.63) is 218 Å². The van der Waals surface area contributed by atoms with Crippen LogP contribution < -0.4 is 4.90 Å². The van der Waals surface area contributed by atoms with E-state index in [1.54, 1.807) is 0 Å². The van der Waals surface area contributed by atoms with Gasteiger partial charge in [0, 0.05) is 27.2 Å². The highest BCUT2D eigenvalue weighted by atomic mass is 15.2. The van der Waals surface area contributed by atoms with E-state index in [1.807, 2.05) is 0 Å². The van der Waals surface area contributed by atoms with Gasteiger partial charge in [0.1, 0.15) is 0 Å². The quantitative estimate of drug-likeness (QED) is 0.166. The number of anilines is 2. The third kappa shape index (κ3) is 5.33. The molecule has 2 nitrogen and oxygen atoms in total. The molecule has 11 rings (SSSR count). The van der Waals surface area contributed by atoms with E-state index >= 15 is 0 Å². The zero-order valence-electron chi connectivity index (χ0n) is 30.9. The van der Waals surface area contributed by atoms with Gasteiger partial charge in [0.25, 0.3) is 0 Å². The van der Waals surface area contributed by atoms with Crippen LogP contribution in [0.3, 0.4) is 0 Å². The SMILES string of the molecule is C1=CC(N(c2ccc3ccccc3c2)c2cc3ccccc3c3c2c2cc(-c4ccccc4)ccc2n3-c2cccc3ccccc23)CC=C1c1ccccc1. The molecule has 1 aliphatic carbocycles. The monoisotopic (exact) mass is 714 g/mol. The highest BCUT2D eigenvalue weighted by Crippen LogP contribution is 2.47. The molecule has 264 valence electrons. The molecule has 56 heavy (non-hydrogen) atoms. The Morgan fingerprint density at radius 2 is 1.14 bits per heavy atom. The van der Waals surface area contributed by atoms with Crippen molar-refractivity contribution in [3.8, 4) is 16.8 Å². The van der Waals surface area contributed by atoms with Gasteiger partial charge in [0.05, 0.1) is 28.5 Å². The molecule has 0 bridgehead atoms. The Labute approximate surface area is 326 Å². The topological polar surface area (TPSA) is 8.17 Å². The number of benzene rings is 9. The molecule has 10 aromatic rings. The zero-order valence-corrected chi connectivity index (χ0v) is 30.9. The summed E-state index contributed by atoms with van der Waals surface area (Å²) in [6.07, 6.45) is 8.03. The molecule has 0 spiro atoms. The first-order chi connectivity index (χ1) is 27.8. The summed E-state index contributed by atoms with van der Waals surface area (Å²) < 4.78 is 2.54. The van der Waals surface area contributed by atoms with Gasteiger partial charge in [0.2, 0.25) is 0 Å². The fourth-order valence-electron chi connectivity index (χ4n) is 9.00. The second-order valence-electron chi connectivity index (χ2n) is 14.9. The van der Waals surface area contributed by atoms with E-state index in [0.29, 0.717) is 0 Å². The molecule has 0 aliphatic heterocycles. The standard InChI is InChI=1S/C54H38N2/c1-3-14-37(15-4-1)40-26-30-45(31-27-40)55(46-32-28-39-18-7-8-20-42(39)34-46)52-36-44-21-10-12-24-48(44)54-53(52)49-35-43(38-16-5-2-6-17-38)29-33-51(49)56(54)50-25-13-22-41-19-9-11-23-47(41)50/h1-30,32-36,45H,31H2. The van der Waals surface area contributed by atoms with Crippen LogP contribution in [0.1, 0.15) is 12.0 Å². The van der Waals surface area contributed by atoms with Crippen LogP contribution in [0.25, 0.3) is 76.5 Å². The molecule has 1 heterocycles. The molecule has 0 N–H and O–H groups in total. The van der Waals surface area contributed by atoms with Gasteiger partial charge in [-0.25, -0.2) is 0 Å². The van der Waals surface area contributed by atoms with Crippen molar-refractivity contribution in [3.63, 3.8) is 0 Å². The number of allylic oxidation sites excluding steroid dienone is 2. The van der Waals surface area contributed by atoms with E-state index in [4.69, 9.17) is 0 Å². The molecule has 1 aromatic heterocycles. The molecule has 2 heteroatoms. The summed E-state index contributed by atoms with van der Waals surface area (Å²) in [5, 5.41) is 9.88. The molecule has 1 atom stereocenters. The molecular weight excluding hydrogens is 677 g/mol. The molecular formula is C54H38N2. The van der Waals surface area contributed by atoms with E-state index < -0.39 is 0 Å². The Balaban J connectivity index is 1.25. The van der Waals surface area contributed by atoms with Crippen LogP contribution in [0.5, 0.6) is 0 Å². The van der Waals surface area contributed by atoms with Crippen molar-refractivity contribution in [2.45, 2.75) is 12.5 Å². The number of hydrogen-bond donors (Lipinski definition) is 0. The normalized spacial score (nSPS) is 14.2. The van der Waals surface area contributed by atoms with Gasteiger partial charge in [-0.2, -0.15) is 0 Å². The number of rotatable bonds is 6. The Bertz CT molecular complexity index is 3160. The minimum atomic E-state index is 0.0845. The van der Waals surface area contributed by atoms with Crippen molar-refractivity contribution in [2.24, 2.45) is 0 Å². The van der Waals surface area contributed by atoms with E-state index in [9.17, 15) is 0 Å². The lowest BCUT2D eigenvalue weighted by molar-refractivity contribution is 0.790. The van der Waals surface area contributed by atoms with Gasteiger partial charge in [-0.3, -0.25) is 0 Å². The summed E-state index contributed by atoms with van der Waals surface area (Å²) in [5.74, 6) is 0. The predicted octanol–water partition coefficient (Wildman–Crippen LogP) is 14.5. The minimum absolute atomic E-state index is 0.0845. The third-order valence-electron chi connectivity index (χ3n) is 11.6. The molecule has 0 saturated heterocycles. The molecule has 1 aliphatic rings. The van der Waals surface area contributed by atoms with Crippen LogP contribution in [0, 0.1) is 0 Å². The molecule has 0 amide bonds. The van der Waals surface area contributed by atoms with Gasteiger partial charge in [-0.15, -0.1) is 0 Å². The van der Waals surface area contributed by atoms with Crippen LogP contribution in [0.15, 0.2) is 212 Å². The molecule has 0 fully saturated rings. The van der Waals surface area contributed by atoms with Crippen LogP contribution in [-0.4, -0.2) is 10.6 Å². The lowest BCUT2D eigenvalue weighted by Gasteiger charge is -2.34. The number of fused-ring (bicyclic) bond motifs is 7. The number of nitrogens with zero attached hydrogens (tertiary/aromatic N) is 2. The van der Waals surface area contributed by atoms with Crippen LogP contribution in [0.2, 0.25) is 0 Å². The Morgan fingerprint density at radius 1 is 0.464 bits per heavy atom. The smallest absolute Gasteiger partial charge is 0.0640 e. The summed E-state index contributed by atoms with van der Waals surface area (Å²) >= 11 is 0. The second kappa shape index (κ2) is 13.3. The third-order valence-corrected chi connectivity index (χ3v) is 11.6. The summed E-state index contributed by atoms with van der Waals surface area (Å²) in [6, 6.07) is 71.2. The van der Waals surface area contributed by atoms with Gasteiger partial charge < -0.3 is 9.47 Å². The minimum Gasteiger partial charge on any atom is -0.334 e. The lowest BCUT2D eigenvalue weighted by atomic mass is 9.94. The highest BCUT2D eigenvalue weighted by molar-refractivity contribution is 6.25. The average Bonchev–Trinajstić information content (AvgIpc) is 3.62. The van der Waals surface area contributed by atoms with Gasteiger partial charge in [-0.1, -0.05) is 176 Å². The summed E-state index contributed by atoms with van der Waals surface area (Å²) in [6.45, 7) is 0. The summed E-state index contributed by atoms with van der Waals surface area (Å²) in [5.41, 5.74) is 10.9. The van der Waals surface area contributed by atoms with Crippen molar-refractivity contribution in [1.29, 1.82) is 0 Å². The Morgan fingerprint density at radius 3 is 1.93 bits per heavy atom. The fourth-order valence-corrected chi connectivity index (χ4v) is 9.00. The van der Waals surface area contributed by atoms with Gasteiger partial charge in [0.15, 0.2) is 0 Å². The van der Waals surface area contributed by atoms with Crippen LogP contribution in [0.4, 0.5) is 11.4 Å². The lowest BCUT2D eigenvalue weighted by Crippen LogP contribution is -2.30. The number of hydrogen-bond acceptors (Lipinski definition) is 1. The Hall–Kier alpha value is -7.16. The van der Waals surface area contributed by atoms with E-state index in [2.05, 4.69) is 222 Å². The van der Waals surface area contributed by atoms with Crippen LogP contribution in [-0.2, 0) is 0 Å². The van der Waals surface area contributed by atoms with E-state index in [0.717, 1.165) is 6.42 Å². The van der Waals surface area contributed by atoms with Gasteiger partial charge in [-0.05, 0) is 86.6 Å². The second-order valence-corrected chi connectivity index (χ2v) is 14.9. The first-order valence-electron chi connectivity index (χ1n) is 19.5. The average molecular weight is 715 g/mol. The first-order valence-corrected chi connectivity index (χ1v) is 19.5. The zero-order chi connectivity index (χ0) is 37.0. The molecule has 0 radical (unpaired) electrons. The maximum atomic E-state index is 2.61. The van der Waals surface area contributed by atoms with Crippen molar-refractivity contribution in [2.75, 3.05) is 4.90 Å². The molecule has 9 aromatic carbocycles. The van der Waals surface area contributed by atoms with Crippen LogP contribution >= 0.6 is 0 Å². The highest BCUT2D eigenvalue weighted by Gasteiger charge is 2.27. The maximum absolute atomic E-state index is 2.61. The summed E-state index contributed by atoms with van der Waals surface area (Å²) in [4.78, 5) is 2.61. The molecule has 0 saturated carbocycles. The van der Waals surface area contributed by atoms with Crippen molar-refractivity contribution in [1.82, 2.24) is 4.57 Å². The fraction of sp³-hybridized carbons (Fsp3) is 0.0370. The Kier molecular flexibility index (Phi) is 7.67. The summed E-state index contributed by atoms with van der Waals surface area (Å²) in [7, 11) is 0. The predicted molar refractivity (Wildman–Crippen MR) is 239 cm³/mol. The first kappa shape index (κ1) is 32.3. The number of aromatic nitrogens is 1. The van der Waals surface area contributed by atoms with E-state index in [-0.39, 0.29) is 6.04 Å². The van der Waals surface area contributed by atoms with Gasteiger partial charge >= 0.3 is 0 Å². The van der Waals surface area contributed by atoms with Crippen molar-refractivity contribution >= 4 is 71.1 Å². The molecule has 1 unspecified atom stereocenters. The maximum Gasteiger partial charge on any atom is 0.0640 e.